The van der Waals surface area contributed by atoms with Crippen molar-refractivity contribution in [2.45, 2.75) is 19.3 Å². The molecule has 0 aromatic heterocycles. The molecule has 0 N–H and O–H groups in total. The van der Waals surface area contributed by atoms with Crippen LogP contribution in [-0.4, -0.2) is 0 Å². The molecule has 0 fully saturated rings. The van der Waals surface area contributed by atoms with E-state index in [2.05, 4.69) is 255 Å². The van der Waals surface area contributed by atoms with Crippen molar-refractivity contribution in [3.63, 3.8) is 0 Å². The van der Waals surface area contributed by atoms with Gasteiger partial charge in [0.2, 0.25) is 0 Å². The van der Waals surface area contributed by atoms with Crippen LogP contribution in [-0.2, 0) is 5.41 Å². The van der Waals surface area contributed by atoms with Gasteiger partial charge in [-0.3, -0.25) is 0 Å². The molecule has 1 heteroatoms. The molecule has 0 spiro atoms. The average molecular weight is 792 g/mol. The molecule has 10 aromatic rings. The Kier molecular flexibility index (Phi) is 9.24. The van der Waals surface area contributed by atoms with Gasteiger partial charge in [0, 0.05) is 22.5 Å². The standard InChI is InChI=1S/C61H45N/c1-61(2)59-27-9-8-25-57(59)58-37-32-50(41-60(58)61)44-30-35-53(36-31-44)62(54-23-12-21-49(40-54)48-20-10-18-46(38-48)42-14-4-3-5-15-42)52-33-28-43(29-34-52)47-19-11-22-51(39-47)56-26-13-17-45-16-6-7-24-55(45)56/h3-41H,1-2H3. The summed E-state index contributed by atoms with van der Waals surface area (Å²) in [5, 5.41) is 2.52. The largest absolute Gasteiger partial charge is 0.310 e. The molecule has 1 nitrogen and oxygen atoms in total. The molecule has 10 aromatic carbocycles. The third kappa shape index (κ3) is 6.69. The van der Waals surface area contributed by atoms with Gasteiger partial charge < -0.3 is 4.90 Å². The number of anilines is 3. The van der Waals surface area contributed by atoms with Gasteiger partial charge in [-0.05, 0) is 143 Å². The normalized spacial score (nSPS) is 12.5. The Labute approximate surface area is 364 Å². The van der Waals surface area contributed by atoms with E-state index in [9.17, 15) is 0 Å². The lowest BCUT2D eigenvalue weighted by atomic mass is 9.81. The van der Waals surface area contributed by atoms with Gasteiger partial charge in [0.25, 0.3) is 0 Å². The zero-order valence-electron chi connectivity index (χ0n) is 35.0. The summed E-state index contributed by atoms with van der Waals surface area (Å²) in [5.41, 5.74) is 20.8. The number of benzene rings is 10. The third-order valence-electron chi connectivity index (χ3n) is 12.9. The number of hydrogen-bond donors (Lipinski definition) is 0. The van der Waals surface area contributed by atoms with Crippen molar-refractivity contribution in [1.29, 1.82) is 0 Å². The second-order valence-electron chi connectivity index (χ2n) is 17.0. The monoisotopic (exact) mass is 791 g/mol. The second-order valence-corrected chi connectivity index (χ2v) is 17.0. The first kappa shape index (κ1) is 37.3. The third-order valence-corrected chi connectivity index (χ3v) is 12.9. The van der Waals surface area contributed by atoms with Crippen molar-refractivity contribution in [3.05, 3.63) is 248 Å². The summed E-state index contributed by atoms with van der Waals surface area (Å²) in [5.74, 6) is 0. The molecule has 0 amide bonds. The lowest BCUT2D eigenvalue weighted by Gasteiger charge is -2.26. The smallest absolute Gasteiger partial charge is 0.0467 e. The maximum atomic E-state index is 2.41. The van der Waals surface area contributed by atoms with Crippen LogP contribution in [0, 0.1) is 0 Å². The van der Waals surface area contributed by atoms with E-state index in [-0.39, 0.29) is 5.41 Å². The van der Waals surface area contributed by atoms with Gasteiger partial charge in [-0.2, -0.15) is 0 Å². The van der Waals surface area contributed by atoms with Gasteiger partial charge >= 0.3 is 0 Å². The molecule has 1 aliphatic rings. The summed E-state index contributed by atoms with van der Waals surface area (Å²) in [7, 11) is 0. The van der Waals surface area contributed by atoms with E-state index in [1.165, 1.54) is 88.7 Å². The van der Waals surface area contributed by atoms with Gasteiger partial charge in [0.1, 0.15) is 0 Å². The van der Waals surface area contributed by atoms with Crippen molar-refractivity contribution < 1.29 is 0 Å². The molecule has 11 rings (SSSR count). The fourth-order valence-corrected chi connectivity index (χ4v) is 9.61. The molecule has 0 heterocycles. The molecular weight excluding hydrogens is 747 g/mol. The van der Waals surface area contributed by atoms with Gasteiger partial charge in [-0.1, -0.05) is 196 Å². The molecule has 294 valence electrons. The Morgan fingerprint density at radius 1 is 0.274 bits per heavy atom. The average Bonchev–Trinajstić information content (AvgIpc) is 3.57. The summed E-state index contributed by atoms with van der Waals surface area (Å²) in [6.45, 7) is 4.70. The molecule has 62 heavy (non-hydrogen) atoms. The zero-order chi connectivity index (χ0) is 41.6. The van der Waals surface area contributed by atoms with E-state index in [0.29, 0.717) is 0 Å². The van der Waals surface area contributed by atoms with E-state index >= 15 is 0 Å². The summed E-state index contributed by atoms with van der Waals surface area (Å²) in [6, 6.07) is 86.5. The van der Waals surface area contributed by atoms with Crippen LogP contribution in [0.15, 0.2) is 237 Å². The van der Waals surface area contributed by atoms with Crippen molar-refractivity contribution in [3.8, 4) is 66.8 Å². The minimum Gasteiger partial charge on any atom is -0.310 e. The first-order valence-electron chi connectivity index (χ1n) is 21.6. The van der Waals surface area contributed by atoms with Crippen molar-refractivity contribution in [1.82, 2.24) is 0 Å². The highest BCUT2D eigenvalue weighted by molar-refractivity contribution is 5.97. The van der Waals surface area contributed by atoms with E-state index < -0.39 is 0 Å². The van der Waals surface area contributed by atoms with Crippen LogP contribution in [0.5, 0.6) is 0 Å². The lowest BCUT2D eigenvalue weighted by molar-refractivity contribution is 0.660. The number of nitrogens with zero attached hydrogens (tertiary/aromatic N) is 1. The number of rotatable bonds is 8. The van der Waals surface area contributed by atoms with Gasteiger partial charge in [0.05, 0.1) is 0 Å². The van der Waals surface area contributed by atoms with E-state index in [4.69, 9.17) is 0 Å². The first-order chi connectivity index (χ1) is 30.5. The predicted octanol–water partition coefficient (Wildman–Crippen LogP) is 17.0. The molecule has 0 aliphatic heterocycles. The molecule has 0 atom stereocenters. The molecular formula is C61H45N. The minimum atomic E-state index is -0.0479. The SMILES string of the molecule is CC1(C)c2ccccc2-c2ccc(-c3ccc(N(c4ccc(-c5cccc(-c6cccc7ccccc67)c5)cc4)c4cccc(-c5cccc(-c6ccccc6)c5)c4)cc3)cc21. The zero-order valence-corrected chi connectivity index (χ0v) is 35.0. The fraction of sp³-hybridized carbons (Fsp3) is 0.0492. The fourth-order valence-electron chi connectivity index (χ4n) is 9.61. The van der Waals surface area contributed by atoms with Gasteiger partial charge in [-0.15, -0.1) is 0 Å². The Balaban J connectivity index is 0.968. The topological polar surface area (TPSA) is 3.24 Å². The maximum Gasteiger partial charge on any atom is 0.0467 e. The Hall–Kier alpha value is -7.74. The molecule has 0 radical (unpaired) electrons. The van der Waals surface area contributed by atoms with E-state index in [0.717, 1.165) is 17.1 Å². The molecule has 1 aliphatic carbocycles. The lowest BCUT2D eigenvalue weighted by Crippen LogP contribution is -2.14. The highest BCUT2D eigenvalue weighted by Gasteiger charge is 2.35. The summed E-state index contributed by atoms with van der Waals surface area (Å²) in [6.07, 6.45) is 0. The molecule has 0 saturated carbocycles. The second kappa shape index (κ2) is 15.4. The van der Waals surface area contributed by atoms with Crippen molar-refractivity contribution in [2.75, 3.05) is 4.90 Å². The van der Waals surface area contributed by atoms with Crippen molar-refractivity contribution in [2.24, 2.45) is 0 Å². The number of fused-ring (bicyclic) bond motifs is 4. The Bertz CT molecular complexity index is 3240. The summed E-state index contributed by atoms with van der Waals surface area (Å²) >= 11 is 0. The maximum absolute atomic E-state index is 2.41. The van der Waals surface area contributed by atoms with E-state index in [1.54, 1.807) is 0 Å². The van der Waals surface area contributed by atoms with Crippen LogP contribution in [0.4, 0.5) is 17.1 Å². The van der Waals surface area contributed by atoms with Crippen LogP contribution in [0.1, 0.15) is 25.0 Å². The number of hydrogen-bond acceptors (Lipinski definition) is 1. The molecule has 0 saturated heterocycles. The first-order valence-corrected chi connectivity index (χ1v) is 21.6. The van der Waals surface area contributed by atoms with Crippen LogP contribution in [0.2, 0.25) is 0 Å². The van der Waals surface area contributed by atoms with Crippen LogP contribution in [0.25, 0.3) is 77.5 Å². The van der Waals surface area contributed by atoms with E-state index in [1.807, 2.05) is 0 Å². The minimum absolute atomic E-state index is 0.0479. The van der Waals surface area contributed by atoms with Crippen LogP contribution < -0.4 is 4.90 Å². The quantitative estimate of drug-likeness (QED) is 0.148. The molecule has 0 unspecified atom stereocenters. The predicted molar refractivity (Wildman–Crippen MR) is 263 cm³/mol. The highest BCUT2D eigenvalue weighted by atomic mass is 15.1. The molecule has 0 bridgehead atoms. The van der Waals surface area contributed by atoms with Gasteiger partial charge in [0.15, 0.2) is 0 Å². The van der Waals surface area contributed by atoms with Crippen LogP contribution in [0.3, 0.4) is 0 Å². The summed E-state index contributed by atoms with van der Waals surface area (Å²) < 4.78 is 0. The highest BCUT2D eigenvalue weighted by Crippen LogP contribution is 2.50. The van der Waals surface area contributed by atoms with Gasteiger partial charge in [-0.25, -0.2) is 0 Å². The van der Waals surface area contributed by atoms with Crippen LogP contribution >= 0.6 is 0 Å². The summed E-state index contributed by atoms with van der Waals surface area (Å²) in [4.78, 5) is 2.38. The Morgan fingerprint density at radius 3 is 1.45 bits per heavy atom. The van der Waals surface area contributed by atoms with Crippen molar-refractivity contribution >= 4 is 27.8 Å². The Morgan fingerprint density at radius 2 is 0.726 bits per heavy atom.